The fourth-order valence-electron chi connectivity index (χ4n) is 1.64. The SMILES string of the molecule is COc1cc(C)cc(C)c1C(Br)C(C)=O. The van der Waals surface area contributed by atoms with Crippen molar-refractivity contribution in [1.82, 2.24) is 0 Å². The molecule has 82 valence electrons. The summed E-state index contributed by atoms with van der Waals surface area (Å²) in [6.45, 7) is 5.57. The predicted molar refractivity (Wildman–Crippen MR) is 64.8 cm³/mol. The summed E-state index contributed by atoms with van der Waals surface area (Å²) >= 11 is 3.39. The highest BCUT2D eigenvalue weighted by Gasteiger charge is 2.19. The van der Waals surface area contributed by atoms with Gasteiger partial charge >= 0.3 is 0 Å². The van der Waals surface area contributed by atoms with E-state index in [1.165, 1.54) is 0 Å². The van der Waals surface area contributed by atoms with E-state index < -0.39 is 0 Å². The first-order valence-corrected chi connectivity index (χ1v) is 5.68. The molecule has 0 aliphatic heterocycles. The highest BCUT2D eigenvalue weighted by Crippen LogP contribution is 2.35. The lowest BCUT2D eigenvalue weighted by Gasteiger charge is -2.15. The van der Waals surface area contributed by atoms with Gasteiger partial charge in [-0.25, -0.2) is 0 Å². The van der Waals surface area contributed by atoms with E-state index in [1.54, 1.807) is 14.0 Å². The Morgan fingerprint density at radius 3 is 2.47 bits per heavy atom. The van der Waals surface area contributed by atoms with E-state index in [0.717, 1.165) is 22.4 Å². The van der Waals surface area contributed by atoms with Crippen molar-refractivity contribution in [2.45, 2.75) is 25.6 Å². The second-order valence-electron chi connectivity index (χ2n) is 3.67. The zero-order valence-electron chi connectivity index (χ0n) is 9.43. The third-order valence-corrected chi connectivity index (χ3v) is 3.43. The quantitative estimate of drug-likeness (QED) is 0.788. The molecule has 2 nitrogen and oxygen atoms in total. The van der Waals surface area contributed by atoms with Gasteiger partial charge < -0.3 is 4.74 Å². The Morgan fingerprint density at radius 2 is 2.00 bits per heavy atom. The molecule has 0 bridgehead atoms. The molecule has 0 spiro atoms. The van der Waals surface area contributed by atoms with Crippen molar-refractivity contribution in [1.29, 1.82) is 0 Å². The van der Waals surface area contributed by atoms with E-state index in [-0.39, 0.29) is 10.6 Å². The van der Waals surface area contributed by atoms with Crippen molar-refractivity contribution < 1.29 is 9.53 Å². The van der Waals surface area contributed by atoms with Gasteiger partial charge in [0.2, 0.25) is 0 Å². The summed E-state index contributed by atoms with van der Waals surface area (Å²) in [4.78, 5) is 11.1. The second kappa shape index (κ2) is 4.79. The van der Waals surface area contributed by atoms with Gasteiger partial charge in [-0.05, 0) is 38.0 Å². The smallest absolute Gasteiger partial charge is 0.147 e. The van der Waals surface area contributed by atoms with Crippen LogP contribution in [0.25, 0.3) is 0 Å². The zero-order chi connectivity index (χ0) is 11.6. The van der Waals surface area contributed by atoms with Gasteiger partial charge in [-0.15, -0.1) is 0 Å². The molecule has 0 heterocycles. The molecule has 15 heavy (non-hydrogen) atoms. The van der Waals surface area contributed by atoms with E-state index in [1.807, 2.05) is 19.9 Å². The Kier molecular flexibility index (Phi) is 3.91. The average Bonchev–Trinajstić information content (AvgIpc) is 2.15. The first kappa shape index (κ1) is 12.2. The number of hydrogen-bond acceptors (Lipinski definition) is 2. The molecule has 0 fully saturated rings. The zero-order valence-corrected chi connectivity index (χ0v) is 11.0. The number of carbonyl (C=O) groups excluding carboxylic acids is 1. The van der Waals surface area contributed by atoms with Gasteiger partial charge in [0, 0.05) is 5.56 Å². The molecule has 1 atom stereocenters. The molecular formula is C12H15BrO2. The highest BCUT2D eigenvalue weighted by atomic mass is 79.9. The molecule has 0 N–H and O–H groups in total. The fraction of sp³-hybridized carbons (Fsp3) is 0.417. The fourth-order valence-corrected chi connectivity index (χ4v) is 2.22. The molecule has 1 aromatic rings. The van der Waals surface area contributed by atoms with Gasteiger partial charge in [-0.2, -0.15) is 0 Å². The molecule has 1 rings (SSSR count). The molecule has 0 amide bonds. The van der Waals surface area contributed by atoms with Gasteiger partial charge in [0.25, 0.3) is 0 Å². The molecular weight excluding hydrogens is 256 g/mol. The van der Waals surface area contributed by atoms with Gasteiger partial charge in [-0.1, -0.05) is 22.0 Å². The van der Waals surface area contributed by atoms with Gasteiger partial charge in [0.1, 0.15) is 16.4 Å². The first-order chi connectivity index (χ1) is 6.97. The van der Waals surface area contributed by atoms with E-state index in [0.29, 0.717) is 0 Å². The van der Waals surface area contributed by atoms with Crippen LogP contribution in [-0.2, 0) is 4.79 Å². The number of aryl methyl sites for hydroxylation is 2. The Bertz CT molecular complexity index is 385. The topological polar surface area (TPSA) is 26.3 Å². The van der Waals surface area contributed by atoms with E-state index in [9.17, 15) is 4.79 Å². The summed E-state index contributed by atoms with van der Waals surface area (Å²) in [6, 6.07) is 3.99. The Hall–Kier alpha value is -0.830. The molecule has 0 aliphatic carbocycles. The normalized spacial score (nSPS) is 12.3. The number of benzene rings is 1. The van der Waals surface area contributed by atoms with E-state index in [4.69, 9.17) is 4.74 Å². The third-order valence-electron chi connectivity index (χ3n) is 2.32. The molecule has 3 heteroatoms. The van der Waals surface area contributed by atoms with Crippen LogP contribution in [0.3, 0.4) is 0 Å². The lowest BCUT2D eigenvalue weighted by molar-refractivity contribution is -0.116. The van der Waals surface area contributed by atoms with Crippen molar-refractivity contribution in [2.24, 2.45) is 0 Å². The van der Waals surface area contributed by atoms with Crippen LogP contribution in [0.4, 0.5) is 0 Å². The lowest BCUT2D eigenvalue weighted by atomic mass is 10.00. The number of Topliss-reactive ketones (excluding diaryl/α,β-unsaturated/α-hetero) is 1. The monoisotopic (exact) mass is 270 g/mol. The van der Waals surface area contributed by atoms with E-state index in [2.05, 4.69) is 22.0 Å². The van der Waals surface area contributed by atoms with Gasteiger partial charge in [-0.3, -0.25) is 4.79 Å². The molecule has 0 saturated heterocycles. The minimum Gasteiger partial charge on any atom is -0.496 e. The maximum Gasteiger partial charge on any atom is 0.147 e. The molecule has 1 aromatic carbocycles. The van der Waals surface area contributed by atoms with Gasteiger partial charge in [0.05, 0.1) is 7.11 Å². The third kappa shape index (κ3) is 2.59. The number of ketones is 1. The van der Waals surface area contributed by atoms with Crippen molar-refractivity contribution in [2.75, 3.05) is 7.11 Å². The lowest BCUT2D eigenvalue weighted by Crippen LogP contribution is -2.06. The molecule has 0 saturated carbocycles. The standard InChI is InChI=1S/C12H15BrO2/c1-7-5-8(2)11(10(6-7)15-4)12(13)9(3)14/h5-6,12H,1-4H3. The average molecular weight is 271 g/mol. The predicted octanol–water partition coefficient (Wildman–Crippen LogP) is 3.34. The number of methoxy groups -OCH3 is 1. The first-order valence-electron chi connectivity index (χ1n) is 4.77. The Labute approximate surface area is 98.8 Å². The molecule has 0 radical (unpaired) electrons. The number of carbonyl (C=O) groups is 1. The van der Waals surface area contributed by atoms with Crippen LogP contribution in [0.5, 0.6) is 5.75 Å². The number of ether oxygens (including phenoxy) is 1. The van der Waals surface area contributed by atoms with Crippen LogP contribution in [0.15, 0.2) is 12.1 Å². The van der Waals surface area contributed by atoms with Crippen molar-refractivity contribution in [3.8, 4) is 5.75 Å². The summed E-state index contributed by atoms with van der Waals surface area (Å²) in [6.07, 6.45) is 0. The minimum atomic E-state index is -0.284. The second-order valence-corrected chi connectivity index (χ2v) is 4.59. The maximum atomic E-state index is 11.3. The number of rotatable bonds is 3. The summed E-state index contributed by atoms with van der Waals surface area (Å²) in [5.74, 6) is 0.852. The summed E-state index contributed by atoms with van der Waals surface area (Å²) in [5, 5.41) is 0. The largest absolute Gasteiger partial charge is 0.496 e. The summed E-state index contributed by atoms with van der Waals surface area (Å²) < 4.78 is 5.30. The van der Waals surface area contributed by atoms with Crippen LogP contribution in [0.1, 0.15) is 28.4 Å². The summed E-state index contributed by atoms with van der Waals surface area (Å²) in [5.41, 5.74) is 3.14. The van der Waals surface area contributed by atoms with Crippen LogP contribution in [0, 0.1) is 13.8 Å². The van der Waals surface area contributed by atoms with Crippen LogP contribution in [0.2, 0.25) is 0 Å². The van der Waals surface area contributed by atoms with Crippen molar-refractivity contribution in [3.05, 3.63) is 28.8 Å². The van der Waals surface area contributed by atoms with Crippen molar-refractivity contribution >= 4 is 21.7 Å². The minimum absolute atomic E-state index is 0.0836. The molecule has 0 aromatic heterocycles. The maximum absolute atomic E-state index is 11.3. The Morgan fingerprint density at radius 1 is 1.40 bits per heavy atom. The molecule has 1 unspecified atom stereocenters. The van der Waals surface area contributed by atoms with Crippen LogP contribution >= 0.6 is 15.9 Å². The van der Waals surface area contributed by atoms with Gasteiger partial charge in [0.15, 0.2) is 0 Å². The molecule has 0 aliphatic rings. The number of hydrogen-bond donors (Lipinski definition) is 0. The number of halogens is 1. The van der Waals surface area contributed by atoms with E-state index >= 15 is 0 Å². The summed E-state index contributed by atoms with van der Waals surface area (Å²) in [7, 11) is 1.62. The van der Waals surface area contributed by atoms with Crippen LogP contribution in [-0.4, -0.2) is 12.9 Å². The highest BCUT2D eigenvalue weighted by molar-refractivity contribution is 9.09. The van der Waals surface area contributed by atoms with Crippen LogP contribution < -0.4 is 4.74 Å². The Balaban J connectivity index is 3.32. The van der Waals surface area contributed by atoms with Crippen molar-refractivity contribution in [3.63, 3.8) is 0 Å². The number of alkyl halides is 1.